The first-order valence-electron chi connectivity index (χ1n) is 9.04. The summed E-state index contributed by atoms with van der Waals surface area (Å²) in [5.74, 6) is 2.23. The third-order valence-corrected chi connectivity index (χ3v) is 6.56. The Balaban J connectivity index is 1.24. The van der Waals surface area contributed by atoms with Crippen molar-refractivity contribution in [2.24, 2.45) is 23.2 Å². The molecule has 0 aromatic carbocycles. The topological polar surface area (TPSA) is 46.4 Å². The number of imidazole rings is 1. The number of fused-ring (bicyclic) bond motifs is 1. The normalized spacial score (nSPS) is 28.8. The van der Waals surface area contributed by atoms with Crippen molar-refractivity contribution < 1.29 is 4.79 Å². The Hall–Kier alpha value is -2.10. The predicted octanol–water partition coefficient (Wildman–Crippen LogP) is 2.90. The summed E-state index contributed by atoms with van der Waals surface area (Å²) in [6, 6.07) is 4.05. The van der Waals surface area contributed by atoms with Crippen molar-refractivity contribution in [2.45, 2.75) is 32.6 Å². The molecule has 24 heavy (non-hydrogen) atoms. The molecule has 2 saturated carbocycles. The summed E-state index contributed by atoms with van der Waals surface area (Å²) in [4.78, 5) is 16.8. The van der Waals surface area contributed by atoms with E-state index in [1.165, 1.54) is 19.3 Å². The Bertz CT molecular complexity index is 846. The highest BCUT2D eigenvalue weighted by Crippen LogP contribution is 2.69. The number of carbonyl (C=O) groups is 1. The standard InChI is InChI=1S/C20H23N3O/c1-13-3-2-8-23-16(12-22-19(13)23)10-18(24)21-11-14-9-15-4-5-17(14)20(15)6-7-20/h2-5,8,12,14-15,17H,6-7,9-11H2,1H3,(H,21,24)/t14-,15-,17+/m0/s1. The zero-order chi connectivity index (χ0) is 16.3. The number of aromatic nitrogens is 2. The minimum Gasteiger partial charge on any atom is -0.355 e. The van der Waals surface area contributed by atoms with Gasteiger partial charge < -0.3 is 9.72 Å². The van der Waals surface area contributed by atoms with Gasteiger partial charge in [0.1, 0.15) is 5.65 Å². The van der Waals surface area contributed by atoms with E-state index in [1.54, 1.807) is 0 Å². The van der Waals surface area contributed by atoms with Gasteiger partial charge in [0.2, 0.25) is 5.91 Å². The molecule has 3 aliphatic rings. The second kappa shape index (κ2) is 4.95. The van der Waals surface area contributed by atoms with E-state index in [4.69, 9.17) is 0 Å². The summed E-state index contributed by atoms with van der Waals surface area (Å²) in [7, 11) is 0. The molecule has 2 aromatic rings. The van der Waals surface area contributed by atoms with Gasteiger partial charge in [0.15, 0.2) is 0 Å². The summed E-state index contributed by atoms with van der Waals surface area (Å²) in [5, 5.41) is 3.18. The molecule has 4 heteroatoms. The Morgan fingerprint density at radius 1 is 1.42 bits per heavy atom. The maximum Gasteiger partial charge on any atom is 0.226 e. The molecular formula is C20H23N3O. The van der Waals surface area contributed by atoms with Gasteiger partial charge in [0.25, 0.3) is 0 Å². The molecule has 2 aromatic heterocycles. The molecule has 1 amide bonds. The van der Waals surface area contributed by atoms with E-state index in [0.29, 0.717) is 23.7 Å². The van der Waals surface area contributed by atoms with Crippen molar-refractivity contribution in [1.29, 1.82) is 0 Å². The lowest BCUT2D eigenvalue weighted by Gasteiger charge is -2.20. The van der Waals surface area contributed by atoms with Crippen LogP contribution in [0.25, 0.3) is 5.65 Å². The number of rotatable bonds is 4. The second-order valence-electron chi connectivity index (χ2n) is 7.86. The lowest BCUT2D eigenvalue weighted by Crippen LogP contribution is -2.32. The highest BCUT2D eigenvalue weighted by atomic mass is 16.1. The molecule has 0 saturated heterocycles. The molecule has 0 unspecified atom stereocenters. The third-order valence-electron chi connectivity index (χ3n) is 6.56. The Morgan fingerprint density at radius 3 is 3.08 bits per heavy atom. The molecule has 0 radical (unpaired) electrons. The number of aryl methyl sites for hydroxylation is 1. The van der Waals surface area contributed by atoms with E-state index >= 15 is 0 Å². The van der Waals surface area contributed by atoms with Crippen molar-refractivity contribution >= 4 is 11.6 Å². The SMILES string of the molecule is Cc1cccn2c(CC(=O)NC[C@@H]3C[C@@H]4C=C[C@H]3C43CC3)cnc12. The third kappa shape index (κ3) is 1.98. The van der Waals surface area contributed by atoms with Crippen LogP contribution < -0.4 is 5.32 Å². The number of pyridine rings is 1. The average Bonchev–Trinajstić information content (AvgIpc) is 3.07. The number of nitrogens with one attached hydrogen (secondary N) is 1. The molecular weight excluding hydrogens is 298 g/mol. The minimum absolute atomic E-state index is 0.106. The fourth-order valence-electron chi connectivity index (χ4n) is 5.16. The minimum atomic E-state index is 0.106. The molecule has 1 spiro atoms. The van der Waals surface area contributed by atoms with Crippen molar-refractivity contribution in [3.63, 3.8) is 0 Å². The number of carbonyl (C=O) groups excluding carboxylic acids is 1. The van der Waals surface area contributed by atoms with Crippen LogP contribution in [0.1, 0.15) is 30.5 Å². The van der Waals surface area contributed by atoms with Crippen molar-refractivity contribution in [3.05, 3.63) is 47.9 Å². The van der Waals surface area contributed by atoms with E-state index < -0.39 is 0 Å². The van der Waals surface area contributed by atoms with Crippen LogP contribution in [0.2, 0.25) is 0 Å². The maximum atomic E-state index is 12.4. The Kier molecular flexibility index (Phi) is 2.94. The van der Waals surface area contributed by atoms with Gasteiger partial charge in [-0.15, -0.1) is 0 Å². The molecule has 4 nitrogen and oxygen atoms in total. The van der Waals surface area contributed by atoms with Crippen molar-refractivity contribution in [1.82, 2.24) is 14.7 Å². The molecule has 0 aliphatic heterocycles. The largest absolute Gasteiger partial charge is 0.355 e. The molecule has 124 valence electrons. The van der Waals surface area contributed by atoms with Gasteiger partial charge in [-0.3, -0.25) is 4.79 Å². The van der Waals surface area contributed by atoms with Crippen LogP contribution in [-0.2, 0) is 11.2 Å². The number of hydrogen-bond acceptors (Lipinski definition) is 2. The van der Waals surface area contributed by atoms with Crippen LogP contribution in [0.3, 0.4) is 0 Å². The average molecular weight is 321 g/mol. The smallest absolute Gasteiger partial charge is 0.226 e. The van der Waals surface area contributed by atoms with Crippen LogP contribution in [0.5, 0.6) is 0 Å². The fraction of sp³-hybridized carbons (Fsp3) is 0.500. The zero-order valence-corrected chi connectivity index (χ0v) is 14.0. The van der Waals surface area contributed by atoms with E-state index in [-0.39, 0.29) is 5.91 Å². The molecule has 2 heterocycles. The van der Waals surface area contributed by atoms with Gasteiger partial charge in [-0.05, 0) is 61.0 Å². The summed E-state index contributed by atoms with van der Waals surface area (Å²) >= 11 is 0. The van der Waals surface area contributed by atoms with E-state index in [9.17, 15) is 4.79 Å². The highest BCUT2D eigenvalue weighted by Gasteiger charge is 2.62. The van der Waals surface area contributed by atoms with Crippen LogP contribution >= 0.6 is 0 Å². The predicted molar refractivity (Wildman–Crippen MR) is 92.5 cm³/mol. The van der Waals surface area contributed by atoms with Gasteiger partial charge >= 0.3 is 0 Å². The molecule has 2 fully saturated rings. The fourth-order valence-corrected chi connectivity index (χ4v) is 5.16. The van der Waals surface area contributed by atoms with E-state index in [0.717, 1.165) is 29.4 Å². The maximum absolute atomic E-state index is 12.4. The van der Waals surface area contributed by atoms with Crippen LogP contribution in [0.4, 0.5) is 0 Å². The van der Waals surface area contributed by atoms with Gasteiger partial charge in [-0.25, -0.2) is 4.98 Å². The Morgan fingerprint density at radius 2 is 2.29 bits per heavy atom. The van der Waals surface area contributed by atoms with Crippen LogP contribution in [-0.4, -0.2) is 21.8 Å². The molecule has 3 aliphatic carbocycles. The number of nitrogens with zero attached hydrogens (tertiary/aromatic N) is 2. The lowest BCUT2D eigenvalue weighted by molar-refractivity contribution is -0.120. The van der Waals surface area contributed by atoms with Crippen molar-refractivity contribution in [3.8, 4) is 0 Å². The first-order chi connectivity index (χ1) is 11.7. The first kappa shape index (κ1) is 14.3. The number of amides is 1. The summed E-state index contributed by atoms with van der Waals surface area (Å²) in [5.41, 5.74) is 3.63. The number of allylic oxidation sites excluding steroid dienone is 2. The van der Waals surface area contributed by atoms with Gasteiger partial charge in [-0.1, -0.05) is 18.2 Å². The van der Waals surface area contributed by atoms with Gasteiger partial charge in [0, 0.05) is 18.9 Å². The lowest BCUT2D eigenvalue weighted by atomic mass is 9.89. The molecule has 5 rings (SSSR count). The second-order valence-corrected chi connectivity index (χ2v) is 7.86. The van der Waals surface area contributed by atoms with E-state index in [2.05, 4.69) is 22.5 Å². The quantitative estimate of drug-likeness (QED) is 0.880. The van der Waals surface area contributed by atoms with Crippen LogP contribution in [0, 0.1) is 30.1 Å². The summed E-state index contributed by atoms with van der Waals surface area (Å²) in [6.45, 7) is 2.87. The number of hydrogen-bond donors (Lipinski definition) is 1. The van der Waals surface area contributed by atoms with E-state index in [1.807, 2.05) is 35.9 Å². The van der Waals surface area contributed by atoms with Gasteiger partial charge in [-0.2, -0.15) is 0 Å². The summed E-state index contributed by atoms with van der Waals surface area (Å²) < 4.78 is 2.02. The molecule has 2 bridgehead atoms. The highest BCUT2D eigenvalue weighted by molar-refractivity contribution is 5.78. The first-order valence-corrected chi connectivity index (χ1v) is 9.04. The molecule has 3 atom stereocenters. The van der Waals surface area contributed by atoms with Gasteiger partial charge in [0.05, 0.1) is 12.1 Å². The molecule has 1 N–H and O–H groups in total. The van der Waals surface area contributed by atoms with Crippen LogP contribution in [0.15, 0.2) is 36.7 Å². The zero-order valence-electron chi connectivity index (χ0n) is 14.0. The Labute approximate surface area is 142 Å². The summed E-state index contributed by atoms with van der Waals surface area (Å²) in [6.07, 6.45) is 13.1. The van der Waals surface area contributed by atoms with Crippen molar-refractivity contribution in [2.75, 3.05) is 6.54 Å². The monoisotopic (exact) mass is 321 g/mol.